The van der Waals surface area contributed by atoms with Crippen molar-refractivity contribution in [2.45, 2.75) is 0 Å². The quantitative estimate of drug-likeness (QED) is 0.314. The second kappa shape index (κ2) is 8.75. The number of hydrogen-bond acceptors (Lipinski definition) is 9. The molecule has 12 heteroatoms. The van der Waals surface area contributed by atoms with E-state index in [-0.39, 0.29) is 17.3 Å². The summed E-state index contributed by atoms with van der Waals surface area (Å²) in [6, 6.07) is 14.5. The van der Waals surface area contributed by atoms with Crippen molar-refractivity contribution in [2.75, 3.05) is 12.8 Å². The number of hydrazone groups is 1. The molecule has 0 spiro atoms. The average Bonchev–Trinajstić information content (AvgIpc) is 3.41. The van der Waals surface area contributed by atoms with Crippen LogP contribution in [0.3, 0.4) is 0 Å². The van der Waals surface area contributed by atoms with Crippen molar-refractivity contribution >= 4 is 33.9 Å². The fourth-order valence-corrected chi connectivity index (χ4v) is 2.98. The smallest absolute Gasteiger partial charge is 0.294 e. The van der Waals surface area contributed by atoms with E-state index in [1.807, 2.05) is 24.3 Å². The van der Waals surface area contributed by atoms with E-state index >= 15 is 0 Å². The number of ether oxygens (including phenoxy) is 1. The fraction of sp³-hybridized carbons (Fsp3) is 0.0526. The first-order valence-electron chi connectivity index (χ1n) is 8.84. The Bertz CT molecular complexity index is 1250. The van der Waals surface area contributed by atoms with Crippen LogP contribution in [-0.4, -0.2) is 44.5 Å². The number of aromatic nitrogens is 5. The molecule has 31 heavy (non-hydrogen) atoms. The maximum atomic E-state index is 12.8. The highest BCUT2D eigenvalue weighted by Crippen LogP contribution is 2.28. The molecule has 3 N–H and O–H groups in total. The van der Waals surface area contributed by atoms with Gasteiger partial charge in [-0.2, -0.15) is 9.78 Å². The Morgan fingerprint density at radius 1 is 1.26 bits per heavy atom. The molecule has 0 saturated heterocycles. The third-order valence-electron chi connectivity index (χ3n) is 4.17. The van der Waals surface area contributed by atoms with Gasteiger partial charge in [-0.3, -0.25) is 4.79 Å². The van der Waals surface area contributed by atoms with Crippen molar-refractivity contribution in [3.05, 3.63) is 64.3 Å². The highest BCUT2D eigenvalue weighted by Gasteiger charge is 2.25. The highest BCUT2D eigenvalue weighted by molar-refractivity contribution is 9.10. The standard InChI is InChI=1S/C19H15BrN8O3/c1-30-14-4-2-3-12(9-14)16-15(23-27-28(16)18-17(21)25-31-26-18)19(29)24-22-10-11-5-7-13(20)8-6-11/h2-10H,1H3,(H2,21,25)(H,24,29). The molecule has 0 unspecified atom stereocenters. The van der Waals surface area contributed by atoms with Crippen molar-refractivity contribution in [1.82, 2.24) is 30.7 Å². The van der Waals surface area contributed by atoms with Crippen LogP contribution < -0.4 is 15.9 Å². The van der Waals surface area contributed by atoms with E-state index < -0.39 is 5.91 Å². The van der Waals surface area contributed by atoms with Crippen molar-refractivity contribution in [2.24, 2.45) is 5.10 Å². The first-order valence-corrected chi connectivity index (χ1v) is 9.63. The number of methoxy groups -OCH3 is 1. The largest absolute Gasteiger partial charge is 0.497 e. The second-order valence-electron chi connectivity index (χ2n) is 6.15. The molecule has 2 aromatic carbocycles. The lowest BCUT2D eigenvalue weighted by Crippen LogP contribution is -2.19. The van der Waals surface area contributed by atoms with Gasteiger partial charge in [0.2, 0.25) is 11.6 Å². The second-order valence-corrected chi connectivity index (χ2v) is 7.07. The van der Waals surface area contributed by atoms with Gasteiger partial charge in [0.15, 0.2) is 5.69 Å². The van der Waals surface area contributed by atoms with Crippen molar-refractivity contribution in [3.63, 3.8) is 0 Å². The van der Waals surface area contributed by atoms with Crippen LogP contribution in [0.2, 0.25) is 0 Å². The van der Waals surface area contributed by atoms with Gasteiger partial charge >= 0.3 is 0 Å². The van der Waals surface area contributed by atoms with Gasteiger partial charge in [-0.05, 0) is 40.1 Å². The number of amides is 1. The third kappa shape index (κ3) is 4.28. The van der Waals surface area contributed by atoms with Crippen LogP contribution in [0.1, 0.15) is 16.1 Å². The molecule has 4 rings (SSSR count). The number of nitrogen functional groups attached to an aromatic ring is 1. The zero-order valence-electron chi connectivity index (χ0n) is 16.1. The fourth-order valence-electron chi connectivity index (χ4n) is 2.72. The Kier molecular flexibility index (Phi) is 5.71. The number of anilines is 1. The number of halogens is 1. The van der Waals surface area contributed by atoms with Gasteiger partial charge in [-0.15, -0.1) is 5.10 Å². The molecule has 0 aliphatic carbocycles. The topological polar surface area (TPSA) is 146 Å². The molecule has 156 valence electrons. The number of nitrogens with two attached hydrogens (primary N) is 1. The molecule has 0 saturated carbocycles. The van der Waals surface area contributed by atoms with Gasteiger partial charge in [0.1, 0.15) is 11.4 Å². The predicted molar refractivity (Wildman–Crippen MR) is 115 cm³/mol. The average molecular weight is 483 g/mol. The van der Waals surface area contributed by atoms with Crippen molar-refractivity contribution in [1.29, 1.82) is 0 Å². The molecule has 0 radical (unpaired) electrons. The van der Waals surface area contributed by atoms with Crippen LogP contribution in [-0.2, 0) is 0 Å². The third-order valence-corrected chi connectivity index (χ3v) is 4.70. The van der Waals surface area contributed by atoms with E-state index in [0.717, 1.165) is 10.0 Å². The molecule has 1 amide bonds. The SMILES string of the molecule is COc1cccc(-c2c(C(=O)NN=Cc3ccc(Br)cc3)nnn2-c2nonc2N)c1. The van der Waals surface area contributed by atoms with E-state index in [2.05, 4.69) is 51.7 Å². The first-order chi connectivity index (χ1) is 15.1. The Morgan fingerprint density at radius 2 is 2.06 bits per heavy atom. The minimum atomic E-state index is -0.576. The maximum Gasteiger partial charge on any atom is 0.294 e. The lowest BCUT2D eigenvalue weighted by Gasteiger charge is -2.07. The number of nitrogens with zero attached hydrogens (tertiary/aromatic N) is 6. The van der Waals surface area contributed by atoms with Crippen LogP contribution >= 0.6 is 15.9 Å². The molecular formula is C19H15BrN8O3. The lowest BCUT2D eigenvalue weighted by atomic mass is 10.1. The summed E-state index contributed by atoms with van der Waals surface area (Å²) in [5.41, 5.74) is 9.98. The Balaban J connectivity index is 1.70. The molecular weight excluding hydrogens is 468 g/mol. The van der Waals surface area contributed by atoms with Crippen LogP contribution in [0.5, 0.6) is 5.75 Å². The van der Waals surface area contributed by atoms with E-state index in [9.17, 15) is 4.79 Å². The lowest BCUT2D eigenvalue weighted by molar-refractivity contribution is 0.0950. The molecule has 0 bridgehead atoms. The number of hydrogen-bond donors (Lipinski definition) is 2. The van der Waals surface area contributed by atoms with Gasteiger partial charge in [-0.25, -0.2) is 10.1 Å². The zero-order valence-corrected chi connectivity index (χ0v) is 17.6. The number of nitrogens with one attached hydrogen (secondary N) is 1. The van der Waals surface area contributed by atoms with Crippen LogP contribution in [0.25, 0.3) is 17.1 Å². The van der Waals surface area contributed by atoms with Crippen LogP contribution in [0.4, 0.5) is 5.82 Å². The van der Waals surface area contributed by atoms with E-state index in [4.69, 9.17) is 10.5 Å². The van der Waals surface area contributed by atoms with Crippen molar-refractivity contribution < 1.29 is 14.2 Å². The molecule has 0 fully saturated rings. The minimum Gasteiger partial charge on any atom is -0.497 e. The number of carbonyl (C=O) groups is 1. The van der Waals surface area contributed by atoms with Crippen LogP contribution in [0.15, 0.2) is 62.7 Å². The molecule has 11 nitrogen and oxygen atoms in total. The summed E-state index contributed by atoms with van der Waals surface area (Å²) in [5, 5.41) is 19.3. The normalized spacial score (nSPS) is 11.0. The number of rotatable bonds is 6. The molecule has 0 atom stereocenters. The van der Waals surface area contributed by atoms with Gasteiger partial charge in [-0.1, -0.05) is 45.4 Å². The van der Waals surface area contributed by atoms with E-state index in [0.29, 0.717) is 17.0 Å². The zero-order chi connectivity index (χ0) is 21.8. The Hall–Kier alpha value is -4.06. The maximum absolute atomic E-state index is 12.8. The molecule has 2 heterocycles. The number of benzene rings is 2. The Labute approximate surface area is 184 Å². The van der Waals surface area contributed by atoms with Gasteiger partial charge < -0.3 is 10.5 Å². The summed E-state index contributed by atoms with van der Waals surface area (Å²) in [7, 11) is 1.54. The number of carbonyl (C=O) groups excluding carboxylic acids is 1. The van der Waals surface area contributed by atoms with Gasteiger partial charge in [0.05, 0.1) is 13.3 Å². The monoisotopic (exact) mass is 482 g/mol. The summed E-state index contributed by atoms with van der Waals surface area (Å²) in [6.07, 6.45) is 1.51. The van der Waals surface area contributed by atoms with E-state index in [1.165, 1.54) is 10.9 Å². The summed E-state index contributed by atoms with van der Waals surface area (Å²) in [6.45, 7) is 0. The predicted octanol–water partition coefficient (Wildman–Crippen LogP) is 2.43. The molecule has 0 aliphatic rings. The molecule has 0 aliphatic heterocycles. The molecule has 2 aromatic heterocycles. The van der Waals surface area contributed by atoms with Gasteiger partial charge in [0.25, 0.3) is 5.91 Å². The summed E-state index contributed by atoms with van der Waals surface area (Å²) in [4.78, 5) is 12.8. The van der Waals surface area contributed by atoms with Crippen molar-refractivity contribution in [3.8, 4) is 22.8 Å². The summed E-state index contributed by atoms with van der Waals surface area (Å²) >= 11 is 3.37. The molecule has 4 aromatic rings. The first kappa shape index (κ1) is 20.2. The van der Waals surface area contributed by atoms with Crippen LogP contribution in [0, 0.1) is 0 Å². The summed E-state index contributed by atoms with van der Waals surface area (Å²) < 4.78 is 12.2. The highest BCUT2D eigenvalue weighted by atomic mass is 79.9. The van der Waals surface area contributed by atoms with E-state index in [1.54, 1.807) is 31.4 Å². The summed E-state index contributed by atoms with van der Waals surface area (Å²) in [5.74, 6) is 0.0978. The van der Waals surface area contributed by atoms with Gasteiger partial charge in [0, 0.05) is 10.0 Å². The Morgan fingerprint density at radius 3 is 2.77 bits per heavy atom. The minimum absolute atomic E-state index is 0.00334.